The van der Waals surface area contributed by atoms with Crippen LogP contribution in [0.4, 0.5) is 0 Å². The van der Waals surface area contributed by atoms with Gasteiger partial charge in [-0.2, -0.15) is 0 Å². The second-order valence-corrected chi connectivity index (χ2v) is 4.14. The Morgan fingerprint density at radius 2 is 2.29 bits per heavy atom. The number of methoxy groups -OCH3 is 1. The molecule has 2 unspecified atom stereocenters. The number of nitrogens with zero attached hydrogens (tertiary/aromatic N) is 2. The molecule has 0 N–H and O–H groups in total. The quantitative estimate of drug-likeness (QED) is 0.606. The highest BCUT2D eigenvalue weighted by molar-refractivity contribution is 5.76. The lowest BCUT2D eigenvalue weighted by Crippen LogP contribution is -2.56. The molecule has 0 saturated carbocycles. The number of rotatable bonds is 4. The summed E-state index contributed by atoms with van der Waals surface area (Å²) in [4.78, 5) is 15.6. The van der Waals surface area contributed by atoms with Crippen molar-refractivity contribution in [2.24, 2.45) is 0 Å². The van der Waals surface area contributed by atoms with Gasteiger partial charge in [-0.05, 0) is 27.4 Å². The normalized spacial score (nSPS) is 24.5. The maximum absolute atomic E-state index is 11.3. The molecule has 1 heterocycles. The fourth-order valence-corrected chi connectivity index (χ4v) is 1.56. The summed E-state index contributed by atoms with van der Waals surface area (Å²) < 4.78 is 4.73. The molecule has 0 spiro atoms. The highest BCUT2D eigenvalue weighted by atomic mass is 16.5. The summed E-state index contributed by atoms with van der Waals surface area (Å²) in [5.41, 5.74) is 0. The summed E-state index contributed by atoms with van der Waals surface area (Å²) in [5.74, 6) is -0.0952. The van der Waals surface area contributed by atoms with Crippen molar-refractivity contribution >= 4 is 5.97 Å². The first-order valence-electron chi connectivity index (χ1n) is 5.04. The first kappa shape index (κ1) is 11.5. The van der Waals surface area contributed by atoms with E-state index in [9.17, 15) is 4.79 Å². The zero-order valence-corrected chi connectivity index (χ0v) is 9.49. The second-order valence-electron chi connectivity index (χ2n) is 4.14. The van der Waals surface area contributed by atoms with Crippen LogP contribution in [0.3, 0.4) is 0 Å². The molecule has 4 heteroatoms. The molecule has 0 aromatic heterocycles. The van der Waals surface area contributed by atoms with E-state index in [4.69, 9.17) is 4.74 Å². The topological polar surface area (TPSA) is 32.8 Å². The first-order valence-corrected chi connectivity index (χ1v) is 5.04. The summed E-state index contributed by atoms with van der Waals surface area (Å²) in [6.07, 6.45) is 0.937. The van der Waals surface area contributed by atoms with Crippen LogP contribution in [0, 0.1) is 0 Å². The van der Waals surface area contributed by atoms with E-state index in [1.807, 2.05) is 0 Å². The van der Waals surface area contributed by atoms with E-state index in [-0.39, 0.29) is 12.0 Å². The number of carbonyl (C=O) groups is 1. The molecule has 0 radical (unpaired) electrons. The van der Waals surface area contributed by atoms with Crippen molar-refractivity contribution < 1.29 is 9.53 Å². The molecular weight excluding hydrogens is 180 g/mol. The highest BCUT2D eigenvalue weighted by Crippen LogP contribution is 2.19. The van der Waals surface area contributed by atoms with Crippen LogP contribution in [0.1, 0.15) is 13.3 Å². The zero-order chi connectivity index (χ0) is 10.7. The highest BCUT2D eigenvalue weighted by Gasteiger charge is 2.35. The first-order chi connectivity index (χ1) is 6.56. The predicted octanol–water partition coefficient (Wildman–Crippen LogP) is 0.184. The Morgan fingerprint density at radius 3 is 2.64 bits per heavy atom. The lowest BCUT2D eigenvalue weighted by molar-refractivity contribution is -0.152. The molecule has 1 aliphatic rings. The summed E-state index contributed by atoms with van der Waals surface area (Å²) in [6.45, 7) is 4.11. The molecule has 1 fully saturated rings. The SMILES string of the molecule is COC(=O)C1CCN1CC(C)N(C)C. The van der Waals surface area contributed by atoms with Gasteiger partial charge < -0.3 is 9.64 Å². The predicted molar refractivity (Wildman–Crippen MR) is 55.1 cm³/mol. The van der Waals surface area contributed by atoms with E-state index in [1.165, 1.54) is 7.11 Å². The van der Waals surface area contributed by atoms with Gasteiger partial charge in [0.25, 0.3) is 0 Å². The van der Waals surface area contributed by atoms with Gasteiger partial charge in [0.2, 0.25) is 0 Å². The number of carbonyl (C=O) groups excluding carboxylic acids is 1. The molecule has 0 aliphatic carbocycles. The summed E-state index contributed by atoms with van der Waals surface area (Å²) in [6, 6.07) is 0.477. The van der Waals surface area contributed by atoms with Crippen molar-refractivity contribution in [2.45, 2.75) is 25.4 Å². The van der Waals surface area contributed by atoms with Crippen LogP contribution in [-0.4, -0.2) is 62.1 Å². The van der Waals surface area contributed by atoms with Crippen molar-refractivity contribution in [1.82, 2.24) is 9.80 Å². The van der Waals surface area contributed by atoms with E-state index >= 15 is 0 Å². The van der Waals surface area contributed by atoms with Crippen molar-refractivity contribution in [3.8, 4) is 0 Å². The van der Waals surface area contributed by atoms with Gasteiger partial charge in [-0.25, -0.2) is 0 Å². The van der Waals surface area contributed by atoms with Crippen molar-refractivity contribution in [3.05, 3.63) is 0 Å². The summed E-state index contributed by atoms with van der Waals surface area (Å²) in [7, 11) is 5.56. The molecule has 14 heavy (non-hydrogen) atoms. The maximum atomic E-state index is 11.3. The van der Waals surface area contributed by atoms with E-state index in [1.54, 1.807) is 0 Å². The third kappa shape index (κ3) is 2.45. The Balaban J connectivity index is 2.36. The molecule has 0 bridgehead atoms. The van der Waals surface area contributed by atoms with Gasteiger partial charge in [0.05, 0.1) is 7.11 Å². The minimum absolute atomic E-state index is 0.00222. The third-order valence-corrected chi connectivity index (χ3v) is 2.98. The number of hydrogen-bond acceptors (Lipinski definition) is 4. The Kier molecular flexibility index (Phi) is 3.89. The Labute approximate surface area is 85.8 Å². The van der Waals surface area contributed by atoms with Gasteiger partial charge in [-0.1, -0.05) is 0 Å². The Bertz CT molecular complexity index is 206. The van der Waals surface area contributed by atoms with Crippen molar-refractivity contribution in [2.75, 3.05) is 34.3 Å². The fraction of sp³-hybridized carbons (Fsp3) is 0.900. The van der Waals surface area contributed by atoms with E-state index in [0.717, 1.165) is 19.5 Å². The van der Waals surface area contributed by atoms with Gasteiger partial charge in [0.1, 0.15) is 6.04 Å². The lowest BCUT2D eigenvalue weighted by Gasteiger charge is -2.41. The smallest absolute Gasteiger partial charge is 0.323 e. The van der Waals surface area contributed by atoms with Crippen LogP contribution in [0.2, 0.25) is 0 Å². The van der Waals surface area contributed by atoms with Crippen LogP contribution in [-0.2, 0) is 9.53 Å². The van der Waals surface area contributed by atoms with Gasteiger partial charge in [0, 0.05) is 19.1 Å². The summed E-state index contributed by atoms with van der Waals surface area (Å²) in [5, 5.41) is 0. The van der Waals surface area contributed by atoms with Crippen LogP contribution in [0.15, 0.2) is 0 Å². The van der Waals surface area contributed by atoms with Gasteiger partial charge in [0.15, 0.2) is 0 Å². The van der Waals surface area contributed by atoms with Crippen molar-refractivity contribution in [3.63, 3.8) is 0 Å². The monoisotopic (exact) mass is 200 g/mol. The fourth-order valence-electron chi connectivity index (χ4n) is 1.56. The molecule has 0 aromatic carbocycles. The molecule has 82 valence electrons. The van der Waals surface area contributed by atoms with E-state index < -0.39 is 0 Å². The number of esters is 1. The number of likely N-dealkylation sites (N-methyl/N-ethyl adjacent to an activating group) is 1. The molecular formula is C10H20N2O2. The molecule has 1 aliphatic heterocycles. The minimum Gasteiger partial charge on any atom is -0.468 e. The Hall–Kier alpha value is -0.610. The number of likely N-dealkylation sites (tertiary alicyclic amines) is 1. The molecule has 1 rings (SSSR count). The average molecular weight is 200 g/mol. The zero-order valence-electron chi connectivity index (χ0n) is 9.49. The molecule has 0 amide bonds. The second kappa shape index (κ2) is 4.75. The van der Waals surface area contributed by atoms with E-state index in [2.05, 4.69) is 30.8 Å². The van der Waals surface area contributed by atoms with Crippen LogP contribution >= 0.6 is 0 Å². The van der Waals surface area contributed by atoms with Crippen LogP contribution in [0.5, 0.6) is 0 Å². The molecule has 2 atom stereocenters. The largest absolute Gasteiger partial charge is 0.468 e. The molecule has 4 nitrogen and oxygen atoms in total. The van der Waals surface area contributed by atoms with Gasteiger partial charge in [-0.15, -0.1) is 0 Å². The molecule has 1 saturated heterocycles. The van der Waals surface area contributed by atoms with Gasteiger partial charge in [-0.3, -0.25) is 9.69 Å². The van der Waals surface area contributed by atoms with E-state index in [0.29, 0.717) is 6.04 Å². The van der Waals surface area contributed by atoms with Crippen LogP contribution in [0.25, 0.3) is 0 Å². The Morgan fingerprint density at radius 1 is 1.64 bits per heavy atom. The lowest BCUT2D eigenvalue weighted by atomic mass is 10.0. The van der Waals surface area contributed by atoms with Gasteiger partial charge >= 0.3 is 5.97 Å². The van der Waals surface area contributed by atoms with Crippen molar-refractivity contribution in [1.29, 1.82) is 0 Å². The minimum atomic E-state index is -0.0952. The van der Waals surface area contributed by atoms with Crippen LogP contribution < -0.4 is 0 Å². The standard InChI is InChI=1S/C10H20N2O2/c1-8(11(2)3)7-12-6-5-9(12)10(13)14-4/h8-9H,5-7H2,1-4H3. The third-order valence-electron chi connectivity index (χ3n) is 2.98. The summed E-state index contributed by atoms with van der Waals surface area (Å²) >= 11 is 0. The molecule has 0 aromatic rings. The average Bonchev–Trinajstić information content (AvgIpc) is 2.11. The maximum Gasteiger partial charge on any atom is 0.323 e. The number of hydrogen-bond donors (Lipinski definition) is 0. The number of ether oxygens (including phenoxy) is 1.